The number of nitrogens with zero attached hydrogens (tertiary/aromatic N) is 2. The standard InChI is InChI=1S/C20H16BrN3O5S2/c21-14-8-12(29-23-14)7-6-11-9-31-19-16(18(26)24(19)17(11)20(27)28)22-15(25)10-30-13-4-2-1-3-5-13/h1-8,16,19H,9-10H2,(H,22,25)(H,27,28)/b7-6+/t16-,19-/m1/s1. The van der Waals surface area contributed by atoms with Crippen molar-refractivity contribution in [3.05, 3.63) is 64.1 Å². The fraction of sp³-hybridized carbons (Fsp3) is 0.200. The van der Waals surface area contributed by atoms with E-state index in [1.807, 2.05) is 30.3 Å². The third kappa shape index (κ3) is 4.73. The average molecular weight is 522 g/mol. The molecule has 11 heteroatoms. The molecule has 160 valence electrons. The second kappa shape index (κ2) is 9.33. The Hall–Kier alpha value is -2.50. The highest BCUT2D eigenvalue weighted by Crippen LogP contribution is 2.40. The number of carbonyl (C=O) groups excluding carboxylic acids is 2. The van der Waals surface area contributed by atoms with Gasteiger partial charge in [-0.2, -0.15) is 0 Å². The van der Waals surface area contributed by atoms with Crippen molar-refractivity contribution in [3.8, 4) is 0 Å². The lowest BCUT2D eigenvalue weighted by atomic mass is 10.0. The monoisotopic (exact) mass is 521 g/mol. The van der Waals surface area contributed by atoms with E-state index in [4.69, 9.17) is 4.52 Å². The van der Waals surface area contributed by atoms with Crippen molar-refractivity contribution in [1.29, 1.82) is 0 Å². The van der Waals surface area contributed by atoms with Gasteiger partial charge in [0.25, 0.3) is 5.91 Å². The topological polar surface area (TPSA) is 113 Å². The molecule has 0 aliphatic carbocycles. The molecule has 2 aliphatic rings. The van der Waals surface area contributed by atoms with Crippen LogP contribution in [-0.2, 0) is 14.4 Å². The number of hydrogen-bond donors (Lipinski definition) is 2. The third-order valence-electron chi connectivity index (χ3n) is 4.58. The second-order valence-corrected chi connectivity index (χ2v) is 9.59. The Morgan fingerprint density at radius 1 is 1.35 bits per heavy atom. The summed E-state index contributed by atoms with van der Waals surface area (Å²) in [7, 11) is 0. The number of carboxylic acid groups (broad SMARTS) is 1. The number of benzene rings is 1. The molecular weight excluding hydrogens is 506 g/mol. The number of carbonyl (C=O) groups is 3. The van der Waals surface area contributed by atoms with Gasteiger partial charge in [-0.1, -0.05) is 29.4 Å². The van der Waals surface area contributed by atoms with Crippen LogP contribution in [0.15, 0.2) is 67.8 Å². The number of aromatic nitrogens is 1. The molecule has 0 spiro atoms. The molecule has 0 radical (unpaired) electrons. The zero-order chi connectivity index (χ0) is 22.0. The zero-order valence-corrected chi connectivity index (χ0v) is 19.1. The summed E-state index contributed by atoms with van der Waals surface area (Å²) >= 11 is 5.96. The summed E-state index contributed by atoms with van der Waals surface area (Å²) in [6.45, 7) is 0. The van der Waals surface area contributed by atoms with Gasteiger partial charge in [-0.3, -0.25) is 14.5 Å². The summed E-state index contributed by atoms with van der Waals surface area (Å²) < 4.78 is 5.59. The van der Waals surface area contributed by atoms with Gasteiger partial charge in [-0.15, -0.1) is 23.5 Å². The minimum atomic E-state index is -1.19. The minimum Gasteiger partial charge on any atom is -0.477 e. The molecule has 2 atom stereocenters. The van der Waals surface area contributed by atoms with E-state index in [1.165, 1.54) is 28.4 Å². The maximum Gasteiger partial charge on any atom is 0.352 e. The molecule has 0 saturated carbocycles. The van der Waals surface area contributed by atoms with Crippen LogP contribution in [0.5, 0.6) is 0 Å². The Labute approximate surface area is 194 Å². The lowest BCUT2D eigenvalue weighted by Gasteiger charge is -2.49. The number of halogens is 1. The van der Waals surface area contributed by atoms with Crippen molar-refractivity contribution in [2.45, 2.75) is 16.3 Å². The summed E-state index contributed by atoms with van der Waals surface area (Å²) in [6, 6.07) is 10.4. The highest BCUT2D eigenvalue weighted by molar-refractivity contribution is 9.10. The lowest BCUT2D eigenvalue weighted by molar-refractivity contribution is -0.150. The van der Waals surface area contributed by atoms with Crippen LogP contribution in [-0.4, -0.2) is 55.9 Å². The van der Waals surface area contributed by atoms with Crippen LogP contribution in [0.3, 0.4) is 0 Å². The number of allylic oxidation sites excluding steroid dienone is 1. The molecule has 1 fully saturated rings. The van der Waals surface area contributed by atoms with Gasteiger partial charge in [0.05, 0.1) is 5.75 Å². The van der Waals surface area contributed by atoms with Crippen LogP contribution in [0.2, 0.25) is 0 Å². The van der Waals surface area contributed by atoms with Crippen LogP contribution < -0.4 is 5.32 Å². The van der Waals surface area contributed by atoms with E-state index >= 15 is 0 Å². The first-order valence-corrected chi connectivity index (χ1v) is 12.0. The van der Waals surface area contributed by atoms with E-state index in [2.05, 4.69) is 26.4 Å². The Morgan fingerprint density at radius 2 is 2.13 bits per heavy atom. The number of carboxylic acids is 1. The van der Waals surface area contributed by atoms with Crippen molar-refractivity contribution < 1.29 is 24.0 Å². The maximum atomic E-state index is 12.7. The first kappa shape index (κ1) is 21.7. The van der Waals surface area contributed by atoms with Gasteiger partial charge in [0.15, 0.2) is 5.76 Å². The fourth-order valence-electron chi connectivity index (χ4n) is 3.18. The number of amides is 2. The van der Waals surface area contributed by atoms with Crippen LogP contribution >= 0.6 is 39.5 Å². The smallest absolute Gasteiger partial charge is 0.352 e. The number of nitrogens with one attached hydrogen (secondary N) is 1. The molecule has 8 nitrogen and oxygen atoms in total. The van der Waals surface area contributed by atoms with Crippen molar-refractivity contribution >= 4 is 63.3 Å². The molecule has 3 heterocycles. The van der Waals surface area contributed by atoms with Gasteiger partial charge in [0, 0.05) is 16.7 Å². The van der Waals surface area contributed by atoms with Crippen LogP contribution in [0.25, 0.3) is 6.08 Å². The van der Waals surface area contributed by atoms with Crippen molar-refractivity contribution in [3.63, 3.8) is 0 Å². The quantitative estimate of drug-likeness (QED) is 0.422. The van der Waals surface area contributed by atoms with E-state index in [9.17, 15) is 19.5 Å². The molecule has 1 aromatic carbocycles. The Balaban J connectivity index is 1.42. The number of β-lactam (4-membered cyclic amide) rings is 1. The Morgan fingerprint density at radius 3 is 2.81 bits per heavy atom. The summed E-state index contributed by atoms with van der Waals surface area (Å²) in [5.74, 6) is -0.884. The maximum absolute atomic E-state index is 12.7. The number of hydrogen-bond acceptors (Lipinski definition) is 7. The summed E-state index contributed by atoms with van der Waals surface area (Å²) in [6.07, 6.45) is 3.20. The molecule has 4 rings (SSSR count). The van der Waals surface area contributed by atoms with Crippen LogP contribution in [0, 0.1) is 0 Å². The Kier molecular flexibility index (Phi) is 6.54. The minimum absolute atomic E-state index is 0.0762. The molecule has 2 aromatic rings. The van der Waals surface area contributed by atoms with Gasteiger partial charge >= 0.3 is 5.97 Å². The first-order chi connectivity index (χ1) is 14.9. The lowest BCUT2D eigenvalue weighted by Crippen LogP contribution is -2.70. The van der Waals surface area contributed by atoms with E-state index in [0.29, 0.717) is 21.7 Å². The molecule has 2 N–H and O–H groups in total. The molecule has 2 amide bonds. The number of thioether (sulfide) groups is 2. The van der Waals surface area contributed by atoms with Crippen molar-refractivity contribution in [1.82, 2.24) is 15.4 Å². The predicted molar refractivity (Wildman–Crippen MR) is 120 cm³/mol. The van der Waals surface area contributed by atoms with Gasteiger partial charge in [0.2, 0.25) is 5.91 Å². The molecule has 2 aliphatic heterocycles. The van der Waals surface area contributed by atoms with Crippen LogP contribution in [0.1, 0.15) is 5.76 Å². The molecule has 0 unspecified atom stereocenters. The zero-order valence-electron chi connectivity index (χ0n) is 15.9. The fourth-order valence-corrected chi connectivity index (χ4v) is 5.53. The van der Waals surface area contributed by atoms with Gasteiger partial charge < -0.3 is 14.9 Å². The summed E-state index contributed by atoms with van der Waals surface area (Å²) in [4.78, 5) is 39.1. The number of rotatable bonds is 7. The summed E-state index contributed by atoms with van der Waals surface area (Å²) in [5, 5.41) is 15.7. The largest absolute Gasteiger partial charge is 0.477 e. The molecule has 1 saturated heterocycles. The van der Waals surface area contributed by atoms with Gasteiger partial charge in [0.1, 0.15) is 21.7 Å². The van der Waals surface area contributed by atoms with Crippen LogP contribution in [0.4, 0.5) is 0 Å². The third-order valence-corrected chi connectivity index (χ3v) is 7.27. The normalized spacial score (nSPS) is 20.5. The molecule has 0 bridgehead atoms. The average Bonchev–Trinajstić information content (AvgIpc) is 3.19. The molecular formula is C20H16BrN3O5S2. The SMILES string of the molecule is O=C(CSc1ccccc1)N[C@@H]1C(=O)N2C(C(=O)O)=C(/C=C/c3cc(Br)no3)CS[C@H]12. The molecule has 1 aromatic heterocycles. The van der Waals surface area contributed by atoms with Gasteiger partial charge in [-0.25, -0.2) is 4.79 Å². The van der Waals surface area contributed by atoms with Crippen molar-refractivity contribution in [2.24, 2.45) is 0 Å². The highest BCUT2D eigenvalue weighted by atomic mass is 79.9. The van der Waals surface area contributed by atoms with E-state index in [0.717, 1.165) is 4.90 Å². The number of aliphatic carboxylic acids is 1. The predicted octanol–water partition coefficient (Wildman–Crippen LogP) is 2.98. The molecule has 31 heavy (non-hydrogen) atoms. The first-order valence-electron chi connectivity index (χ1n) is 9.12. The van der Waals surface area contributed by atoms with E-state index in [-0.39, 0.29) is 17.4 Å². The van der Waals surface area contributed by atoms with Gasteiger partial charge in [-0.05, 0) is 39.7 Å². The van der Waals surface area contributed by atoms with E-state index < -0.39 is 23.3 Å². The second-order valence-electron chi connectivity index (χ2n) is 6.62. The Bertz CT molecular complexity index is 1090. The highest BCUT2D eigenvalue weighted by Gasteiger charge is 2.53. The number of fused-ring (bicyclic) bond motifs is 1. The van der Waals surface area contributed by atoms with E-state index in [1.54, 1.807) is 18.2 Å². The van der Waals surface area contributed by atoms with Crippen molar-refractivity contribution in [2.75, 3.05) is 11.5 Å². The summed E-state index contributed by atoms with van der Waals surface area (Å²) in [5.41, 5.74) is 0.409.